The van der Waals surface area contributed by atoms with Gasteiger partial charge in [0.05, 0.1) is 71.5 Å². The molecule has 12 heteroatoms. The molecule has 0 spiro atoms. The molecule has 4 N–H and O–H groups in total. The maximum atomic E-state index is 13.5. The Bertz CT molecular complexity index is 1450. The number of cyclic esters (lactones) is 2. The summed E-state index contributed by atoms with van der Waals surface area (Å²) in [6, 6.07) is 0. The smallest absolute Gasteiger partial charge is 0.309 e. The van der Waals surface area contributed by atoms with Gasteiger partial charge in [0.1, 0.15) is 23.8 Å². The zero-order chi connectivity index (χ0) is 43.7. The van der Waals surface area contributed by atoms with E-state index >= 15 is 0 Å². The van der Waals surface area contributed by atoms with Crippen molar-refractivity contribution in [2.45, 2.75) is 207 Å². The van der Waals surface area contributed by atoms with Crippen molar-refractivity contribution in [2.75, 3.05) is 0 Å². The van der Waals surface area contributed by atoms with Crippen LogP contribution in [0, 0.1) is 34.5 Å². The first-order valence-electron chi connectivity index (χ1n) is 21.7. The van der Waals surface area contributed by atoms with Crippen LogP contribution in [0.4, 0.5) is 0 Å². The number of hydrogen-bond donors (Lipinski definition) is 4. The minimum atomic E-state index is -1.34. The number of carbonyl (C=O) groups excluding carboxylic acids is 4. The second kappa shape index (κ2) is 18.6. The largest absolute Gasteiger partial charge is 0.458 e. The molecule has 0 aromatic rings. The van der Waals surface area contributed by atoms with E-state index in [1.165, 1.54) is 0 Å². The molecule has 4 aliphatic rings. The van der Waals surface area contributed by atoms with Crippen LogP contribution in [0.1, 0.15) is 147 Å². The third-order valence-electron chi connectivity index (χ3n) is 14.4. The van der Waals surface area contributed by atoms with E-state index in [4.69, 9.17) is 18.9 Å². The highest BCUT2D eigenvalue weighted by molar-refractivity contribution is 5.88. The fourth-order valence-electron chi connectivity index (χ4n) is 9.07. The number of hydrogen-bond acceptors (Lipinski definition) is 12. The van der Waals surface area contributed by atoms with Crippen molar-refractivity contribution < 1.29 is 58.6 Å². The molecule has 4 saturated heterocycles. The van der Waals surface area contributed by atoms with Crippen molar-refractivity contribution in [1.82, 2.24) is 0 Å². The standard InChI is InChI=1S/C46H74O12/c1-25(31-21-35-45(11,57-35)19-13-15-27(3)39(51)29(5)41(53)43(7,8)33(47)23-37(49)55-31)17-18-26(2)32-22-36-46(12,58-36)20-14-16-28(4)40(52)30(6)42(54)44(9,10)34(48)24-38(50)56-32/h17-18,27-36,39-40,47-48,51-52H,13-16,19-24H2,1-12H3/b25-17+,26-18+/t27?,28?,29-,30-,31+,32?,33+,34+,35+,36+,39?,40+,45-,46-/m1/s1. The van der Waals surface area contributed by atoms with Gasteiger partial charge in [-0.1, -0.05) is 80.4 Å². The lowest BCUT2D eigenvalue weighted by atomic mass is 9.73. The van der Waals surface area contributed by atoms with Crippen molar-refractivity contribution in [3.63, 3.8) is 0 Å². The third-order valence-corrected chi connectivity index (χ3v) is 14.4. The number of carbonyl (C=O) groups is 4. The highest BCUT2D eigenvalue weighted by Crippen LogP contribution is 2.46. The number of epoxide rings is 2. The van der Waals surface area contributed by atoms with Crippen LogP contribution in [0.25, 0.3) is 0 Å². The van der Waals surface area contributed by atoms with Gasteiger partial charge < -0.3 is 39.4 Å². The molecule has 0 aromatic carbocycles. The Labute approximate surface area is 346 Å². The molecule has 0 aliphatic carbocycles. The van der Waals surface area contributed by atoms with Crippen molar-refractivity contribution in [1.29, 1.82) is 0 Å². The number of ether oxygens (including phenoxy) is 4. The van der Waals surface area contributed by atoms with Gasteiger partial charge in [-0.15, -0.1) is 0 Å². The summed E-state index contributed by atoms with van der Waals surface area (Å²) in [5.41, 5.74) is -2.08. The van der Waals surface area contributed by atoms with Crippen LogP contribution in [0.2, 0.25) is 0 Å². The van der Waals surface area contributed by atoms with Crippen molar-refractivity contribution in [3.05, 3.63) is 23.3 Å². The van der Waals surface area contributed by atoms with E-state index in [0.29, 0.717) is 36.8 Å². The van der Waals surface area contributed by atoms with E-state index < -0.39 is 95.3 Å². The van der Waals surface area contributed by atoms with Gasteiger partial charge in [0.2, 0.25) is 0 Å². The van der Waals surface area contributed by atoms with E-state index in [9.17, 15) is 39.6 Å². The number of esters is 2. The maximum absolute atomic E-state index is 13.5. The van der Waals surface area contributed by atoms with Crippen LogP contribution in [-0.2, 0) is 38.1 Å². The Morgan fingerprint density at radius 1 is 0.586 bits per heavy atom. The van der Waals surface area contributed by atoms with Crippen LogP contribution < -0.4 is 0 Å². The minimum absolute atomic E-state index is 0.148. The molecule has 4 unspecified atom stereocenters. The van der Waals surface area contributed by atoms with Gasteiger partial charge in [0.15, 0.2) is 0 Å². The summed E-state index contributed by atoms with van der Waals surface area (Å²) in [5.74, 6) is -3.73. The summed E-state index contributed by atoms with van der Waals surface area (Å²) < 4.78 is 24.4. The van der Waals surface area contributed by atoms with Gasteiger partial charge >= 0.3 is 11.9 Å². The highest BCUT2D eigenvalue weighted by atomic mass is 16.6. The first-order chi connectivity index (χ1) is 26.7. The number of ketones is 2. The van der Waals surface area contributed by atoms with Crippen LogP contribution in [0.3, 0.4) is 0 Å². The van der Waals surface area contributed by atoms with E-state index in [1.54, 1.807) is 41.5 Å². The van der Waals surface area contributed by atoms with Crippen LogP contribution >= 0.6 is 0 Å². The Hall–Kier alpha value is -2.48. The fraction of sp³-hybridized carbons (Fsp3) is 0.826. The summed E-state index contributed by atoms with van der Waals surface area (Å²) in [5, 5.41) is 44.4. The number of aliphatic hydroxyl groups is 4. The van der Waals surface area contributed by atoms with Crippen molar-refractivity contribution in [2.24, 2.45) is 34.5 Å². The van der Waals surface area contributed by atoms with Crippen molar-refractivity contribution >= 4 is 23.5 Å². The molecule has 4 aliphatic heterocycles. The molecule has 4 fully saturated rings. The first kappa shape index (κ1) is 48.2. The molecule has 4 heterocycles. The van der Waals surface area contributed by atoms with Gasteiger partial charge in [-0.05, 0) is 76.4 Å². The van der Waals surface area contributed by atoms with E-state index in [1.807, 2.05) is 53.7 Å². The van der Waals surface area contributed by atoms with E-state index in [0.717, 1.165) is 25.7 Å². The fourth-order valence-corrected chi connectivity index (χ4v) is 9.07. The second-order valence-corrected chi connectivity index (χ2v) is 20.0. The molecule has 330 valence electrons. The van der Waals surface area contributed by atoms with Crippen LogP contribution in [-0.4, -0.2) is 104 Å². The lowest BCUT2D eigenvalue weighted by Crippen LogP contribution is -2.45. The maximum Gasteiger partial charge on any atom is 0.309 e. The minimum Gasteiger partial charge on any atom is -0.458 e. The van der Waals surface area contributed by atoms with Crippen molar-refractivity contribution in [3.8, 4) is 0 Å². The SMILES string of the molecule is C/C(=C\C=C(/C)[C@@H]1C[C@@H]2O[C@]2(C)CCCC(C)C(O)[C@@H](C)C(=O)C(C)(C)[C@@H](O)CC(=O)O1)C1C[C@@H]2O[C@]2(C)CCCC(C)[C@H](O)[C@@H](C)C(=O)C(C)(C)[C@@H](O)CC(=O)O1. The quantitative estimate of drug-likeness (QED) is 0.145. The molecule has 58 heavy (non-hydrogen) atoms. The molecule has 0 radical (unpaired) electrons. The molecule has 14 atom stereocenters. The summed E-state index contributed by atoms with van der Waals surface area (Å²) in [7, 11) is 0. The predicted octanol–water partition coefficient (Wildman–Crippen LogP) is 6.12. The Morgan fingerprint density at radius 3 is 1.24 bits per heavy atom. The monoisotopic (exact) mass is 819 g/mol. The molecule has 0 bridgehead atoms. The Balaban J connectivity index is 1.58. The number of allylic oxidation sites excluding steroid dienone is 2. The number of aliphatic hydroxyl groups excluding tert-OH is 4. The van der Waals surface area contributed by atoms with Gasteiger partial charge in [-0.2, -0.15) is 0 Å². The lowest BCUT2D eigenvalue weighted by Gasteiger charge is -2.34. The summed E-state index contributed by atoms with van der Waals surface area (Å²) in [6.07, 6.45) is 1.72. The average Bonchev–Trinajstić information content (AvgIpc) is 4.01. The molecular formula is C46H74O12. The zero-order valence-electron chi connectivity index (χ0n) is 37.2. The Kier molecular flexibility index (Phi) is 15.5. The van der Waals surface area contributed by atoms with Gasteiger partial charge in [-0.3, -0.25) is 19.2 Å². The molecule has 4 rings (SSSR count). The summed E-state index contributed by atoms with van der Waals surface area (Å²) >= 11 is 0. The normalized spacial score (nSPS) is 43.0. The molecule has 0 aromatic heterocycles. The Morgan fingerprint density at radius 2 is 0.914 bits per heavy atom. The third kappa shape index (κ3) is 11.3. The zero-order valence-corrected chi connectivity index (χ0v) is 37.2. The first-order valence-corrected chi connectivity index (χ1v) is 21.7. The molecule has 0 amide bonds. The molecule has 12 nitrogen and oxygen atoms in total. The van der Waals surface area contributed by atoms with Gasteiger partial charge in [0.25, 0.3) is 0 Å². The molecular weight excluding hydrogens is 744 g/mol. The molecule has 0 saturated carbocycles. The topological polar surface area (TPSA) is 193 Å². The van der Waals surface area contributed by atoms with Crippen LogP contribution in [0.15, 0.2) is 23.3 Å². The van der Waals surface area contributed by atoms with Gasteiger partial charge in [0, 0.05) is 24.7 Å². The van der Waals surface area contributed by atoms with E-state index in [2.05, 4.69) is 0 Å². The van der Waals surface area contributed by atoms with E-state index in [-0.39, 0.29) is 35.6 Å². The van der Waals surface area contributed by atoms with Gasteiger partial charge in [-0.25, -0.2) is 0 Å². The predicted molar refractivity (Wildman–Crippen MR) is 218 cm³/mol. The number of Topliss-reactive ketones (excluding diaryl/α,β-unsaturated/α-hetero) is 2. The lowest BCUT2D eigenvalue weighted by molar-refractivity contribution is -0.156. The second-order valence-electron chi connectivity index (χ2n) is 20.0. The summed E-state index contributed by atoms with van der Waals surface area (Å²) in [6.45, 7) is 21.3. The number of rotatable bonds is 3. The summed E-state index contributed by atoms with van der Waals surface area (Å²) in [4.78, 5) is 54.0. The average molecular weight is 819 g/mol. The number of fused-ring (bicyclic) bond motifs is 2. The van der Waals surface area contributed by atoms with Crippen LogP contribution in [0.5, 0.6) is 0 Å². The highest BCUT2D eigenvalue weighted by Gasteiger charge is 2.54.